The van der Waals surface area contributed by atoms with Crippen LogP contribution >= 0.6 is 11.8 Å². The maximum absolute atomic E-state index is 5.98. The maximum atomic E-state index is 5.98. The van der Waals surface area contributed by atoms with Crippen molar-refractivity contribution in [1.82, 2.24) is 15.0 Å². The van der Waals surface area contributed by atoms with E-state index in [0.29, 0.717) is 34.8 Å². The monoisotopic (exact) mass is 391 g/mol. The van der Waals surface area contributed by atoms with E-state index in [1.54, 1.807) is 0 Å². The summed E-state index contributed by atoms with van der Waals surface area (Å²) < 4.78 is 11.8. The van der Waals surface area contributed by atoms with E-state index in [4.69, 9.17) is 9.15 Å². The second-order valence-electron chi connectivity index (χ2n) is 6.57. The minimum Gasteiger partial charge on any atom is -0.476 e. The minimum absolute atomic E-state index is 0.439. The molecule has 4 rings (SSSR count). The van der Waals surface area contributed by atoms with Crippen LogP contribution in [-0.4, -0.2) is 21.6 Å². The van der Waals surface area contributed by atoms with Crippen molar-refractivity contribution in [2.24, 2.45) is 0 Å². The summed E-state index contributed by atoms with van der Waals surface area (Å²) in [5, 5.41) is 0.583. The van der Waals surface area contributed by atoms with Crippen LogP contribution in [0.5, 0.6) is 5.88 Å². The van der Waals surface area contributed by atoms with Crippen molar-refractivity contribution in [1.29, 1.82) is 0 Å². The van der Waals surface area contributed by atoms with E-state index in [1.165, 1.54) is 17.3 Å². The highest BCUT2D eigenvalue weighted by Gasteiger charge is 2.18. The number of aryl methyl sites for hydroxylation is 2. The highest BCUT2D eigenvalue weighted by Crippen LogP contribution is 2.33. The van der Waals surface area contributed by atoms with Gasteiger partial charge < -0.3 is 9.15 Å². The number of hydrogen-bond donors (Lipinski definition) is 0. The lowest BCUT2D eigenvalue weighted by Gasteiger charge is -2.07. The van der Waals surface area contributed by atoms with Gasteiger partial charge in [0.2, 0.25) is 11.8 Å². The van der Waals surface area contributed by atoms with Gasteiger partial charge in [0, 0.05) is 10.5 Å². The third kappa shape index (κ3) is 3.87. The van der Waals surface area contributed by atoms with Gasteiger partial charge in [-0.1, -0.05) is 42.8 Å². The predicted molar refractivity (Wildman–Crippen MR) is 111 cm³/mol. The Morgan fingerprint density at radius 2 is 1.86 bits per heavy atom. The summed E-state index contributed by atoms with van der Waals surface area (Å²) >= 11 is 1.49. The topological polar surface area (TPSA) is 61.0 Å². The van der Waals surface area contributed by atoms with E-state index in [0.717, 1.165) is 22.4 Å². The van der Waals surface area contributed by atoms with Crippen molar-refractivity contribution in [2.75, 3.05) is 6.61 Å². The molecule has 6 heteroatoms. The molecule has 0 aliphatic rings. The molecule has 0 saturated heterocycles. The second kappa shape index (κ2) is 8.02. The van der Waals surface area contributed by atoms with Gasteiger partial charge >= 0.3 is 0 Å². The van der Waals surface area contributed by atoms with Crippen molar-refractivity contribution in [3.63, 3.8) is 0 Å². The van der Waals surface area contributed by atoms with Gasteiger partial charge in [-0.15, -0.1) is 0 Å². The summed E-state index contributed by atoms with van der Waals surface area (Å²) in [5.41, 5.74) is 4.22. The Bertz CT molecular complexity index is 1120. The van der Waals surface area contributed by atoms with Crippen molar-refractivity contribution in [3.05, 3.63) is 59.7 Å². The highest BCUT2D eigenvalue weighted by molar-refractivity contribution is 7.99. The van der Waals surface area contributed by atoms with Crippen LogP contribution in [0.1, 0.15) is 24.5 Å². The number of oxazole rings is 1. The second-order valence-corrected chi connectivity index (χ2v) is 7.58. The molecule has 0 N–H and O–H groups in total. The van der Waals surface area contributed by atoms with Crippen LogP contribution < -0.4 is 4.74 Å². The van der Waals surface area contributed by atoms with Gasteiger partial charge in [0.05, 0.1) is 6.61 Å². The van der Waals surface area contributed by atoms with Crippen molar-refractivity contribution in [3.8, 4) is 17.3 Å². The van der Waals surface area contributed by atoms with Crippen molar-refractivity contribution >= 4 is 23.0 Å². The number of nitrogens with zero attached hydrogens (tertiary/aromatic N) is 3. The molecule has 28 heavy (non-hydrogen) atoms. The van der Waals surface area contributed by atoms with Gasteiger partial charge in [0.15, 0.2) is 10.7 Å². The number of aromatic nitrogens is 3. The average Bonchev–Trinajstić information content (AvgIpc) is 3.12. The Morgan fingerprint density at radius 3 is 2.64 bits per heavy atom. The zero-order valence-electron chi connectivity index (χ0n) is 16.1. The van der Waals surface area contributed by atoms with Gasteiger partial charge in [-0.2, -0.15) is 9.97 Å². The fourth-order valence-electron chi connectivity index (χ4n) is 2.79. The van der Waals surface area contributed by atoms with E-state index in [2.05, 4.69) is 40.9 Å². The number of fused-ring (bicyclic) bond motifs is 1. The molecule has 0 unspecified atom stereocenters. The summed E-state index contributed by atoms with van der Waals surface area (Å²) in [6.45, 7) is 6.73. The molecule has 0 spiro atoms. The van der Waals surface area contributed by atoms with Gasteiger partial charge in [0.25, 0.3) is 5.71 Å². The van der Waals surface area contributed by atoms with Crippen molar-refractivity contribution in [2.45, 2.75) is 37.2 Å². The normalized spacial score (nSPS) is 11.1. The molecule has 0 bridgehead atoms. The largest absolute Gasteiger partial charge is 0.476 e. The molecule has 5 nitrogen and oxygen atoms in total. The fourth-order valence-corrected chi connectivity index (χ4v) is 3.62. The maximum Gasteiger partial charge on any atom is 0.255 e. The molecule has 4 aromatic rings. The van der Waals surface area contributed by atoms with Crippen LogP contribution in [0.4, 0.5) is 0 Å². The Balaban J connectivity index is 1.78. The molecule has 2 aromatic carbocycles. The Morgan fingerprint density at radius 1 is 1.00 bits per heavy atom. The highest BCUT2D eigenvalue weighted by atomic mass is 32.2. The zero-order valence-corrected chi connectivity index (χ0v) is 16.9. The van der Waals surface area contributed by atoms with Gasteiger partial charge in [-0.3, -0.25) is 0 Å². The van der Waals surface area contributed by atoms with E-state index < -0.39 is 0 Å². The SMILES string of the molecule is CCCOc1nc(Sc2ccccc2C)nc2oc(-c3cccc(C)c3)nc12. The van der Waals surface area contributed by atoms with Crippen LogP contribution in [0, 0.1) is 13.8 Å². The minimum atomic E-state index is 0.439. The van der Waals surface area contributed by atoms with Crippen LogP contribution in [0.15, 0.2) is 63.0 Å². The smallest absolute Gasteiger partial charge is 0.255 e. The Labute approximate surface area is 168 Å². The summed E-state index contributed by atoms with van der Waals surface area (Å²) in [7, 11) is 0. The fraction of sp³-hybridized carbons (Fsp3) is 0.227. The van der Waals surface area contributed by atoms with E-state index in [9.17, 15) is 0 Å². The molecule has 0 saturated carbocycles. The molecule has 0 atom stereocenters. The molecule has 0 fully saturated rings. The first-order valence-corrected chi connectivity index (χ1v) is 10.1. The molecular weight excluding hydrogens is 370 g/mol. The lowest BCUT2D eigenvalue weighted by Crippen LogP contribution is -2.00. The first kappa shape index (κ1) is 18.5. The molecule has 0 amide bonds. The lowest BCUT2D eigenvalue weighted by atomic mass is 10.1. The molecule has 2 heterocycles. The van der Waals surface area contributed by atoms with E-state index in [1.807, 2.05) is 43.3 Å². The zero-order chi connectivity index (χ0) is 19.5. The Kier molecular flexibility index (Phi) is 5.30. The standard InChI is InChI=1S/C22H21N3O2S/c1-4-12-26-20-18-21(27-19(23-18)16-10-7-8-14(2)13-16)25-22(24-20)28-17-11-6-5-9-15(17)3/h5-11,13H,4,12H2,1-3H3. The molecule has 142 valence electrons. The molecule has 2 aromatic heterocycles. The van der Waals surface area contributed by atoms with Crippen LogP contribution in [-0.2, 0) is 0 Å². The van der Waals surface area contributed by atoms with Crippen LogP contribution in [0.3, 0.4) is 0 Å². The first-order valence-electron chi connectivity index (χ1n) is 9.26. The van der Waals surface area contributed by atoms with E-state index in [-0.39, 0.29) is 0 Å². The van der Waals surface area contributed by atoms with Crippen LogP contribution in [0.2, 0.25) is 0 Å². The van der Waals surface area contributed by atoms with Gasteiger partial charge in [0.1, 0.15) is 0 Å². The number of hydrogen-bond acceptors (Lipinski definition) is 6. The molecule has 0 aliphatic heterocycles. The summed E-state index contributed by atoms with van der Waals surface area (Å²) in [5.74, 6) is 0.984. The summed E-state index contributed by atoms with van der Waals surface area (Å²) in [6.07, 6.45) is 0.883. The van der Waals surface area contributed by atoms with Gasteiger partial charge in [-0.25, -0.2) is 4.98 Å². The molecule has 0 aliphatic carbocycles. The number of ether oxygens (including phenoxy) is 1. The average molecular weight is 391 g/mol. The first-order chi connectivity index (χ1) is 13.6. The quantitative estimate of drug-likeness (QED) is 0.385. The summed E-state index contributed by atoms with van der Waals surface area (Å²) in [4.78, 5) is 14.9. The van der Waals surface area contributed by atoms with E-state index >= 15 is 0 Å². The third-order valence-corrected chi connectivity index (χ3v) is 5.25. The number of rotatable bonds is 6. The van der Waals surface area contributed by atoms with Crippen molar-refractivity contribution < 1.29 is 9.15 Å². The Hall–Kier alpha value is -2.86. The van der Waals surface area contributed by atoms with Gasteiger partial charge in [-0.05, 0) is 55.8 Å². The lowest BCUT2D eigenvalue weighted by molar-refractivity contribution is 0.305. The third-order valence-electron chi connectivity index (χ3n) is 4.21. The number of benzene rings is 2. The van der Waals surface area contributed by atoms with Crippen LogP contribution in [0.25, 0.3) is 22.7 Å². The molecule has 0 radical (unpaired) electrons. The summed E-state index contributed by atoms with van der Waals surface area (Å²) in [6, 6.07) is 16.2. The molecular formula is C22H21N3O2S. The predicted octanol–water partition coefficient (Wildman–Crippen LogP) is 5.84.